The Hall–Kier alpha value is -0.400. The van der Waals surface area contributed by atoms with Crippen molar-refractivity contribution in [1.29, 1.82) is 5.26 Å². The minimum absolute atomic E-state index is 0.0528. The van der Waals surface area contributed by atoms with Crippen LogP contribution in [-0.4, -0.2) is 17.8 Å². The van der Waals surface area contributed by atoms with E-state index in [2.05, 4.69) is 11.4 Å². The number of hydrogen-bond donors (Lipinski definition) is 1. The smallest absolute Gasteiger partial charge is 0.0963 e. The van der Waals surface area contributed by atoms with Gasteiger partial charge in [-0.25, -0.2) is 0 Å². The number of hydrogen-bond acceptors (Lipinski definition) is 3. The van der Waals surface area contributed by atoms with E-state index in [0.29, 0.717) is 16.1 Å². The molecule has 0 heterocycles. The van der Waals surface area contributed by atoms with Crippen molar-refractivity contribution in [2.45, 2.75) is 36.2 Å². The fraction of sp³-hybridized carbons (Fsp3) is 0.462. The van der Waals surface area contributed by atoms with Crippen LogP contribution in [0.2, 0.25) is 10.0 Å². The minimum Gasteiger partial charge on any atom is -0.299 e. The van der Waals surface area contributed by atoms with E-state index >= 15 is 0 Å². The first-order valence-corrected chi connectivity index (χ1v) is 7.66. The molecule has 1 aliphatic carbocycles. The summed E-state index contributed by atoms with van der Waals surface area (Å²) in [5, 5.41) is 13.8. The van der Waals surface area contributed by atoms with Crippen LogP contribution in [0.5, 0.6) is 0 Å². The van der Waals surface area contributed by atoms with Crippen LogP contribution in [0, 0.1) is 11.3 Å². The molecule has 1 aliphatic rings. The first-order chi connectivity index (χ1) is 8.69. The fourth-order valence-electron chi connectivity index (χ4n) is 1.59. The van der Waals surface area contributed by atoms with E-state index in [1.54, 1.807) is 23.9 Å². The second-order valence-corrected chi connectivity index (χ2v) is 6.31. The van der Waals surface area contributed by atoms with Crippen LogP contribution in [0.15, 0.2) is 23.1 Å². The zero-order valence-electron chi connectivity index (χ0n) is 9.83. The number of nitrogens with zero attached hydrogens (tertiary/aromatic N) is 1. The zero-order chi connectivity index (χ0) is 13.0. The van der Waals surface area contributed by atoms with Crippen LogP contribution in [0.25, 0.3) is 0 Å². The molecule has 0 aliphatic heterocycles. The Kier molecular flexibility index (Phi) is 5.20. The maximum Gasteiger partial charge on any atom is 0.0963 e. The largest absolute Gasteiger partial charge is 0.299 e. The lowest BCUT2D eigenvalue weighted by Crippen LogP contribution is -2.29. The highest BCUT2D eigenvalue weighted by molar-refractivity contribution is 7.99. The first-order valence-electron chi connectivity index (χ1n) is 5.92. The van der Waals surface area contributed by atoms with Gasteiger partial charge < -0.3 is 0 Å². The minimum atomic E-state index is -0.0528. The molecule has 0 aromatic heterocycles. The summed E-state index contributed by atoms with van der Waals surface area (Å²) in [7, 11) is 0. The third-order valence-electron chi connectivity index (χ3n) is 2.73. The van der Waals surface area contributed by atoms with Crippen LogP contribution < -0.4 is 5.32 Å². The topological polar surface area (TPSA) is 35.8 Å². The van der Waals surface area contributed by atoms with Crippen LogP contribution in [0.3, 0.4) is 0 Å². The average Bonchev–Trinajstić information content (AvgIpc) is 3.16. The molecule has 1 aromatic carbocycles. The van der Waals surface area contributed by atoms with Crippen molar-refractivity contribution in [2.75, 3.05) is 5.75 Å². The molecule has 0 bridgehead atoms. The van der Waals surface area contributed by atoms with E-state index in [0.717, 1.165) is 17.1 Å². The maximum absolute atomic E-state index is 9.03. The van der Waals surface area contributed by atoms with Crippen LogP contribution in [0.1, 0.15) is 19.3 Å². The molecular formula is C13H14Cl2N2S. The predicted octanol–water partition coefficient (Wildman–Crippen LogP) is 4.12. The Labute approximate surface area is 122 Å². The second kappa shape index (κ2) is 6.68. The van der Waals surface area contributed by atoms with Gasteiger partial charge in [-0.05, 0) is 37.5 Å². The Bertz CT molecular complexity index is 455. The molecule has 2 rings (SSSR count). The highest BCUT2D eigenvalue weighted by Gasteiger charge is 2.24. The number of benzene rings is 1. The second-order valence-electron chi connectivity index (χ2n) is 4.33. The van der Waals surface area contributed by atoms with Crippen molar-refractivity contribution >= 4 is 35.0 Å². The molecule has 0 spiro atoms. The van der Waals surface area contributed by atoms with Gasteiger partial charge in [-0.15, -0.1) is 11.8 Å². The predicted molar refractivity (Wildman–Crippen MR) is 77.4 cm³/mol. The van der Waals surface area contributed by atoms with Crippen molar-refractivity contribution in [1.82, 2.24) is 5.32 Å². The van der Waals surface area contributed by atoms with E-state index in [1.807, 2.05) is 6.07 Å². The van der Waals surface area contributed by atoms with Gasteiger partial charge in [0.15, 0.2) is 0 Å². The molecule has 0 saturated heterocycles. The number of rotatable bonds is 6. The van der Waals surface area contributed by atoms with E-state index in [1.165, 1.54) is 12.8 Å². The van der Waals surface area contributed by atoms with E-state index < -0.39 is 0 Å². The average molecular weight is 301 g/mol. The molecule has 1 aromatic rings. The Morgan fingerprint density at radius 1 is 1.44 bits per heavy atom. The molecule has 18 heavy (non-hydrogen) atoms. The van der Waals surface area contributed by atoms with Crippen molar-refractivity contribution in [3.63, 3.8) is 0 Å². The van der Waals surface area contributed by atoms with Crippen molar-refractivity contribution < 1.29 is 0 Å². The highest BCUT2D eigenvalue weighted by Crippen LogP contribution is 2.30. The molecule has 96 valence electrons. The number of thioether (sulfide) groups is 1. The SMILES string of the molecule is N#CC(CCSc1cc(Cl)ccc1Cl)NC1CC1. The summed E-state index contributed by atoms with van der Waals surface area (Å²) in [5.41, 5.74) is 0. The van der Waals surface area contributed by atoms with Gasteiger partial charge in [-0.3, -0.25) is 5.32 Å². The molecule has 5 heteroatoms. The maximum atomic E-state index is 9.03. The van der Waals surface area contributed by atoms with Gasteiger partial charge >= 0.3 is 0 Å². The first kappa shape index (κ1) is 14.0. The molecule has 2 nitrogen and oxygen atoms in total. The van der Waals surface area contributed by atoms with Crippen molar-refractivity contribution in [3.05, 3.63) is 28.2 Å². The van der Waals surface area contributed by atoms with Crippen molar-refractivity contribution in [2.24, 2.45) is 0 Å². The lowest BCUT2D eigenvalue weighted by atomic mass is 10.2. The van der Waals surface area contributed by atoms with Crippen molar-refractivity contribution in [3.8, 4) is 6.07 Å². The summed E-state index contributed by atoms with van der Waals surface area (Å²) in [4.78, 5) is 0.979. The molecule has 1 atom stereocenters. The van der Waals surface area contributed by atoms with Gasteiger partial charge in [-0.1, -0.05) is 23.2 Å². The van der Waals surface area contributed by atoms with Crippen LogP contribution in [-0.2, 0) is 0 Å². The fourth-order valence-corrected chi connectivity index (χ4v) is 3.10. The molecule has 1 N–H and O–H groups in total. The lowest BCUT2D eigenvalue weighted by Gasteiger charge is -2.10. The third-order valence-corrected chi connectivity index (χ3v) is 4.49. The monoisotopic (exact) mass is 300 g/mol. The number of nitrogens with one attached hydrogen (secondary N) is 1. The quantitative estimate of drug-likeness (QED) is 0.803. The number of nitriles is 1. The normalized spacial score (nSPS) is 16.3. The summed E-state index contributed by atoms with van der Waals surface area (Å²) in [6.45, 7) is 0. The third kappa shape index (κ3) is 4.37. The standard InChI is InChI=1S/C13H14Cl2N2S/c14-9-1-4-12(15)13(7-9)18-6-5-11(8-16)17-10-2-3-10/h1,4,7,10-11,17H,2-3,5-6H2. The Morgan fingerprint density at radius 2 is 2.22 bits per heavy atom. The summed E-state index contributed by atoms with van der Waals surface area (Å²) >= 11 is 13.7. The molecular weight excluding hydrogens is 287 g/mol. The summed E-state index contributed by atoms with van der Waals surface area (Å²) < 4.78 is 0. The van der Waals surface area contributed by atoms with Gasteiger partial charge in [-0.2, -0.15) is 5.26 Å². The van der Waals surface area contributed by atoms with Gasteiger partial charge in [0, 0.05) is 21.7 Å². The Balaban J connectivity index is 1.79. The van der Waals surface area contributed by atoms with E-state index in [4.69, 9.17) is 28.5 Å². The summed E-state index contributed by atoms with van der Waals surface area (Å²) in [6.07, 6.45) is 3.22. The van der Waals surface area contributed by atoms with E-state index in [9.17, 15) is 0 Å². The van der Waals surface area contributed by atoms with E-state index in [-0.39, 0.29) is 6.04 Å². The molecule has 1 saturated carbocycles. The number of halogens is 2. The van der Waals surface area contributed by atoms with Gasteiger partial charge in [0.05, 0.1) is 17.1 Å². The molecule has 1 unspecified atom stereocenters. The summed E-state index contributed by atoms with van der Waals surface area (Å²) in [6, 6.07) is 8.26. The van der Waals surface area contributed by atoms with Gasteiger partial charge in [0.2, 0.25) is 0 Å². The molecule has 0 radical (unpaired) electrons. The van der Waals surface area contributed by atoms with Gasteiger partial charge in [0.1, 0.15) is 0 Å². The molecule has 0 amide bonds. The zero-order valence-corrected chi connectivity index (χ0v) is 12.2. The van der Waals surface area contributed by atoms with Crippen LogP contribution >= 0.6 is 35.0 Å². The highest BCUT2D eigenvalue weighted by atomic mass is 35.5. The Morgan fingerprint density at radius 3 is 2.89 bits per heavy atom. The lowest BCUT2D eigenvalue weighted by molar-refractivity contribution is 0.587. The summed E-state index contributed by atoms with van der Waals surface area (Å²) in [5.74, 6) is 0.859. The van der Waals surface area contributed by atoms with Gasteiger partial charge in [0.25, 0.3) is 0 Å². The van der Waals surface area contributed by atoms with Crippen LogP contribution in [0.4, 0.5) is 0 Å². The molecule has 1 fully saturated rings.